The van der Waals surface area contributed by atoms with Crippen molar-refractivity contribution >= 4 is 29.9 Å². The Balaban J connectivity index is 0.00000243. The van der Waals surface area contributed by atoms with Crippen molar-refractivity contribution in [2.45, 2.75) is 44.8 Å². The number of nitrogens with one attached hydrogen (secondary N) is 1. The number of morpholine rings is 1. The molecule has 1 aromatic heterocycles. The van der Waals surface area contributed by atoms with Gasteiger partial charge in [-0.2, -0.15) is 5.10 Å². The van der Waals surface area contributed by atoms with E-state index in [-0.39, 0.29) is 36.2 Å². The number of ether oxygens (including phenoxy) is 2. The minimum Gasteiger partial charge on any atom is -0.375 e. The first-order chi connectivity index (χ1) is 12.3. The largest absolute Gasteiger partial charge is 0.375 e. The molecule has 0 saturated carbocycles. The SMILES string of the molecule is CCNC(=NCCCc1cnn(C)c1)N1CCOC(C2CCCO2)C1.I. The monoisotopic (exact) mass is 477 g/mol. The zero-order chi connectivity index (χ0) is 17.5. The molecule has 1 N–H and O–H groups in total. The topological polar surface area (TPSA) is 63.9 Å². The van der Waals surface area contributed by atoms with E-state index in [4.69, 9.17) is 14.5 Å². The van der Waals surface area contributed by atoms with Gasteiger partial charge < -0.3 is 19.7 Å². The smallest absolute Gasteiger partial charge is 0.194 e. The van der Waals surface area contributed by atoms with Crippen LogP contribution in [0.5, 0.6) is 0 Å². The Labute approximate surface area is 173 Å². The quantitative estimate of drug-likeness (QED) is 0.293. The minimum atomic E-state index is 0. The van der Waals surface area contributed by atoms with Gasteiger partial charge in [0.15, 0.2) is 5.96 Å². The highest BCUT2D eigenvalue weighted by molar-refractivity contribution is 14.0. The van der Waals surface area contributed by atoms with Crippen LogP contribution in [0, 0.1) is 0 Å². The molecular weight excluding hydrogens is 445 g/mol. The van der Waals surface area contributed by atoms with Crippen molar-refractivity contribution in [2.24, 2.45) is 12.0 Å². The van der Waals surface area contributed by atoms with Gasteiger partial charge in [-0.3, -0.25) is 9.67 Å². The molecule has 0 aromatic carbocycles. The van der Waals surface area contributed by atoms with Gasteiger partial charge in [-0.1, -0.05) is 0 Å². The van der Waals surface area contributed by atoms with Gasteiger partial charge >= 0.3 is 0 Å². The van der Waals surface area contributed by atoms with Crippen molar-refractivity contribution in [1.82, 2.24) is 20.0 Å². The standard InChI is InChI=1S/C18H31N5O2.HI/c1-3-19-18(20-8-4-6-15-12-21-22(2)13-15)23-9-11-25-17(14-23)16-7-5-10-24-16;/h12-13,16-17H,3-11,14H2,1-2H3,(H,19,20);1H. The lowest BCUT2D eigenvalue weighted by Gasteiger charge is -2.37. The summed E-state index contributed by atoms with van der Waals surface area (Å²) in [4.78, 5) is 7.15. The number of halogens is 1. The molecule has 0 radical (unpaired) electrons. The highest BCUT2D eigenvalue weighted by Gasteiger charge is 2.32. The summed E-state index contributed by atoms with van der Waals surface area (Å²) >= 11 is 0. The van der Waals surface area contributed by atoms with Crippen molar-refractivity contribution in [1.29, 1.82) is 0 Å². The van der Waals surface area contributed by atoms with Crippen molar-refractivity contribution in [3.05, 3.63) is 18.0 Å². The lowest BCUT2D eigenvalue weighted by atomic mass is 10.1. The summed E-state index contributed by atoms with van der Waals surface area (Å²) < 4.78 is 13.6. The second kappa shape index (κ2) is 11.1. The Morgan fingerprint density at radius 1 is 1.35 bits per heavy atom. The van der Waals surface area contributed by atoms with Crippen molar-refractivity contribution in [3.63, 3.8) is 0 Å². The number of aromatic nitrogens is 2. The fourth-order valence-corrected chi connectivity index (χ4v) is 3.48. The molecule has 148 valence electrons. The van der Waals surface area contributed by atoms with E-state index in [1.807, 2.05) is 17.9 Å². The predicted octanol–water partition coefficient (Wildman–Crippen LogP) is 1.82. The molecule has 0 aliphatic carbocycles. The number of aliphatic imine (C=N–C) groups is 1. The lowest BCUT2D eigenvalue weighted by Crippen LogP contribution is -2.53. The Hall–Kier alpha value is -0.870. The number of nitrogens with zero attached hydrogens (tertiary/aromatic N) is 4. The summed E-state index contributed by atoms with van der Waals surface area (Å²) in [6.07, 6.45) is 8.71. The molecule has 7 nitrogen and oxygen atoms in total. The molecule has 2 unspecified atom stereocenters. The van der Waals surface area contributed by atoms with E-state index >= 15 is 0 Å². The van der Waals surface area contributed by atoms with Gasteiger partial charge in [-0.15, -0.1) is 24.0 Å². The molecule has 2 saturated heterocycles. The van der Waals surface area contributed by atoms with E-state index in [0.29, 0.717) is 0 Å². The maximum atomic E-state index is 5.95. The number of guanidine groups is 1. The van der Waals surface area contributed by atoms with E-state index in [2.05, 4.69) is 28.4 Å². The molecule has 8 heteroatoms. The van der Waals surface area contributed by atoms with E-state index in [1.165, 1.54) is 5.56 Å². The second-order valence-electron chi connectivity index (χ2n) is 6.77. The van der Waals surface area contributed by atoms with Crippen molar-refractivity contribution in [3.8, 4) is 0 Å². The van der Waals surface area contributed by atoms with Crippen LogP contribution in [-0.4, -0.2) is 72.2 Å². The van der Waals surface area contributed by atoms with Crippen molar-refractivity contribution < 1.29 is 9.47 Å². The summed E-state index contributed by atoms with van der Waals surface area (Å²) in [7, 11) is 1.95. The van der Waals surface area contributed by atoms with Gasteiger partial charge in [-0.05, 0) is 38.2 Å². The zero-order valence-corrected chi connectivity index (χ0v) is 18.2. The Morgan fingerprint density at radius 3 is 2.88 bits per heavy atom. The van der Waals surface area contributed by atoms with Gasteiger partial charge in [0.25, 0.3) is 0 Å². The molecule has 1 aromatic rings. The third kappa shape index (κ3) is 6.09. The summed E-state index contributed by atoms with van der Waals surface area (Å²) in [5, 5.41) is 7.64. The van der Waals surface area contributed by atoms with E-state index in [0.717, 1.165) is 71.0 Å². The second-order valence-corrected chi connectivity index (χ2v) is 6.77. The molecule has 0 bridgehead atoms. The molecule has 2 fully saturated rings. The average Bonchev–Trinajstić information content (AvgIpc) is 3.30. The average molecular weight is 477 g/mol. The zero-order valence-electron chi connectivity index (χ0n) is 15.9. The van der Waals surface area contributed by atoms with Crippen LogP contribution < -0.4 is 5.32 Å². The van der Waals surface area contributed by atoms with Crippen LogP contribution in [0.15, 0.2) is 17.4 Å². The molecule has 2 aliphatic heterocycles. The summed E-state index contributed by atoms with van der Waals surface area (Å²) in [5.41, 5.74) is 1.27. The first-order valence-corrected chi connectivity index (χ1v) is 9.50. The van der Waals surface area contributed by atoms with Gasteiger partial charge in [0, 0.05) is 46.0 Å². The number of hydrogen-bond acceptors (Lipinski definition) is 4. The molecule has 0 amide bonds. The molecule has 3 heterocycles. The molecule has 2 atom stereocenters. The van der Waals surface area contributed by atoms with E-state index in [9.17, 15) is 0 Å². The number of hydrogen-bond donors (Lipinski definition) is 1. The lowest BCUT2D eigenvalue weighted by molar-refractivity contribution is -0.0817. The maximum Gasteiger partial charge on any atom is 0.194 e. The third-order valence-electron chi connectivity index (χ3n) is 4.75. The molecule has 26 heavy (non-hydrogen) atoms. The first-order valence-electron chi connectivity index (χ1n) is 9.50. The highest BCUT2D eigenvalue weighted by atomic mass is 127. The number of rotatable bonds is 6. The van der Waals surface area contributed by atoms with E-state index in [1.54, 1.807) is 0 Å². The van der Waals surface area contributed by atoms with Crippen LogP contribution in [0.25, 0.3) is 0 Å². The van der Waals surface area contributed by atoms with Crippen LogP contribution in [-0.2, 0) is 22.9 Å². The molecule has 0 spiro atoms. The van der Waals surface area contributed by atoms with Gasteiger partial charge in [0.2, 0.25) is 0 Å². The van der Waals surface area contributed by atoms with Gasteiger partial charge in [0.1, 0.15) is 6.10 Å². The van der Waals surface area contributed by atoms with Crippen LogP contribution in [0.4, 0.5) is 0 Å². The van der Waals surface area contributed by atoms with E-state index < -0.39 is 0 Å². The van der Waals surface area contributed by atoms with Crippen LogP contribution >= 0.6 is 24.0 Å². The van der Waals surface area contributed by atoms with Crippen LogP contribution in [0.1, 0.15) is 31.7 Å². The van der Waals surface area contributed by atoms with Gasteiger partial charge in [0.05, 0.1) is 18.9 Å². The Kier molecular flexibility index (Phi) is 9.13. The first kappa shape index (κ1) is 21.4. The third-order valence-corrected chi connectivity index (χ3v) is 4.75. The van der Waals surface area contributed by atoms with Crippen molar-refractivity contribution in [2.75, 3.05) is 39.4 Å². The number of aryl methyl sites for hydroxylation is 2. The molecule has 3 rings (SSSR count). The summed E-state index contributed by atoms with van der Waals surface area (Å²) in [6, 6.07) is 0. The predicted molar refractivity (Wildman–Crippen MR) is 113 cm³/mol. The maximum absolute atomic E-state index is 5.95. The van der Waals surface area contributed by atoms with Crippen LogP contribution in [0.2, 0.25) is 0 Å². The fourth-order valence-electron chi connectivity index (χ4n) is 3.48. The Morgan fingerprint density at radius 2 is 2.19 bits per heavy atom. The summed E-state index contributed by atoms with van der Waals surface area (Å²) in [6.45, 7) is 7.17. The fraction of sp³-hybridized carbons (Fsp3) is 0.778. The summed E-state index contributed by atoms with van der Waals surface area (Å²) in [5.74, 6) is 1.000. The van der Waals surface area contributed by atoms with Crippen LogP contribution in [0.3, 0.4) is 0 Å². The van der Waals surface area contributed by atoms with Gasteiger partial charge in [-0.25, -0.2) is 0 Å². The minimum absolute atomic E-state index is 0. The molecule has 2 aliphatic rings. The molecular formula is C18H32IN5O2. The Bertz CT molecular complexity index is 560. The highest BCUT2D eigenvalue weighted by Crippen LogP contribution is 2.21. The normalized spacial score (nSPS) is 23.8.